The Morgan fingerprint density at radius 2 is 0.935 bits per heavy atom. The number of carboxylic acids is 1. The van der Waals surface area contributed by atoms with E-state index in [0.29, 0.717) is 23.7 Å². The van der Waals surface area contributed by atoms with Crippen LogP contribution < -0.4 is 4.90 Å². The normalized spacial score (nSPS) is 17.9. The molecule has 8 rings (SSSR count). The van der Waals surface area contributed by atoms with E-state index in [0.717, 1.165) is 48.3 Å². The van der Waals surface area contributed by atoms with Crippen LogP contribution >= 0.6 is 11.3 Å². The van der Waals surface area contributed by atoms with Crippen LogP contribution in [-0.2, 0) is 15.6 Å². The van der Waals surface area contributed by atoms with Crippen LogP contribution in [0, 0.1) is 35.0 Å². The SMILES string of the molecule is CCCCC(CC)CC1(CC(CC)CCCC)c2cc(-c3ccc(/C=C(\C#N)C(=O)O)s3)ccc2-c2cc3c(cc21)-c1ccc(N(c2ccccc2)c2ccccc2)cc1C3(CC(CC)CCCC)CC(CC)CCCC. The molecule has 406 valence electrons. The van der Waals surface area contributed by atoms with E-state index in [9.17, 15) is 15.2 Å². The van der Waals surface area contributed by atoms with Gasteiger partial charge in [0.25, 0.3) is 0 Å². The summed E-state index contributed by atoms with van der Waals surface area (Å²) in [5.41, 5.74) is 16.0. The van der Waals surface area contributed by atoms with Gasteiger partial charge in [-0.3, -0.25) is 0 Å². The van der Waals surface area contributed by atoms with Crippen LogP contribution in [0.5, 0.6) is 0 Å². The highest BCUT2D eigenvalue weighted by atomic mass is 32.1. The van der Waals surface area contributed by atoms with E-state index in [1.54, 1.807) is 22.5 Å². The van der Waals surface area contributed by atoms with Crippen LogP contribution in [0.15, 0.2) is 127 Å². The number of unbranched alkanes of at least 4 members (excludes halogenated alkanes) is 4. The molecule has 4 nitrogen and oxygen atoms in total. The zero-order chi connectivity index (χ0) is 54.5. The Balaban J connectivity index is 1.44. The average Bonchev–Trinajstić information content (AvgIpc) is 4.33. The molecule has 0 aliphatic heterocycles. The summed E-state index contributed by atoms with van der Waals surface area (Å²) in [6.07, 6.45) is 25.6. The Labute approximate surface area is 469 Å². The quantitative estimate of drug-likeness (QED) is 0.0361. The molecule has 4 unspecified atom stereocenters. The first kappa shape index (κ1) is 57.5. The van der Waals surface area contributed by atoms with Crippen LogP contribution in [0.2, 0.25) is 0 Å². The minimum absolute atomic E-state index is 0.178. The van der Waals surface area contributed by atoms with E-state index in [-0.39, 0.29) is 16.4 Å². The number of nitrogens with zero attached hydrogens (tertiary/aromatic N) is 2. The Bertz CT molecular complexity index is 2880. The second-order valence-electron chi connectivity index (χ2n) is 23.3. The summed E-state index contributed by atoms with van der Waals surface area (Å²) >= 11 is 1.58. The van der Waals surface area contributed by atoms with Gasteiger partial charge in [0.05, 0.1) is 0 Å². The predicted octanol–water partition coefficient (Wildman–Crippen LogP) is 21.8. The third kappa shape index (κ3) is 12.3. The van der Waals surface area contributed by atoms with Gasteiger partial charge < -0.3 is 10.0 Å². The third-order valence-electron chi connectivity index (χ3n) is 18.4. The molecule has 2 aliphatic rings. The molecule has 0 radical (unpaired) electrons. The molecule has 0 spiro atoms. The van der Waals surface area contributed by atoms with Gasteiger partial charge in [0.2, 0.25) is 0 Å². The van der Waals surface area contributed by atoms with Gasteiger partial charge in [0, 0.05) is 37.6 Å². The van der Waals surface area contributed by atoms with Crippen molar-refractivity contribution < 1.29 is 9.90 Å². The average molecular weight is 1050 g/mol. The summed E-state index contributed by atoms with van der Waals surface area (Å²) in [6.45, 7) is 19.2. The number of rotatable bonds is 30. The first-order valence-corrected chi connectivity index (χ1v) is 31.2. The van der Waals surface area contributed by atoms with Crippen LogP contribution in [0.1, 0.15) is 211 Å². The number of aliphatic carboxylic acids is 1. The zero-order valence-corrected chi connectivity index (χ0v) is 49.1. The number of hydrogen-bond donors (Lipinski definition) is 1. The molecule has 6 aromatic rings. The van der Waals surface area contributed by atoms with Gasteiger partial charge in [0.15, 0.2) is 0 Å². The fraction of sp³-hybridized carbons (Fsp3) is 0.472. The number of thiophene rings is 1. The lowest BCUT2D eigenvalue weighted by Crippen LogP contribution is -2.33. The molecule has 1 aromatic heterocycles. The number of anilines is 3. The maximum absolute atomic E-state index is 11.9. The van der Waals surface area contributed by atoms with Gasteiger partial charge in [-0.2, -0.15) is 5.26 Å². The molecule has 0 saturated carbocycles. The fourth-order valence-electron chi connectivity index (χ4n) is 14.0. The molecule has 0 bridgehead atoms. The van der Waals surface area contributed by atoms with E-state index in [4.69, 9.17) is 0 Å². The van der Waals surface area contributed by atoms with Crippen molar-refractivity contribution in [1.82, 2.24) is 0 Å². The van der Waals surface area contributed by atoms with E-state index in [2.05, 4.69) is 176 Å². The molecule has 1 N–H and O–H groups in total. The number of hydrogen-bond acceptors (Lipinski definition) is 4. The smallest absolute Gasteiger partial charge is 0.346 e. The van der Waals surface area contributed by atoms with Crippen molar-refractivity contribution in [3.8, 4) is 38.8 Å². The largest absolute Gasteiger partial charge is 0.477 e. The zero-order valence-electron chi connectivity index (χ0n) is 48.2. The van der Waals surface area contributed by atoms with Gasteiger partial charge in [-0.05, 0) is 172 Å². The van der Waals surface area contributed by atoms with Crippen molar-refractivity contribution in [3.05, 3.63) is 154 Å². The van der Waals surface area contributed by atoms with Crippen molar-refractivity contribution in [2.75, 3.05) is 4.90 Å². The van der Waals surface area contributed by atoms with Gasteiger partial charge in [-0.1, -0.05) is 213 Å². The van der Waals surface area contributed by atoms with Gasteiger partial charge in [0.1, 0.15) is 11.6 Å². The molecule has 0 amide bonds. The van der Waals surface area contributed by atoms with Crippen LogP contribution in [-0.4, -0.2) is 11.1 Å². The highest BCUT2D eigenvalue weighted by Crippen LogP contribution is 2.63. The molecule has 5 heteroatoms. The Morgan fingerprint density at radius 3 is 1.34 bits per heavy atom. The topological polar surface area (TPSA) is 64.3 Å². The van der Waals surface area contributed by atoms with Crippen LogP contribution in [0.4, 0.5) is 17.1 Å². The van der Waals surface area contributed by atoms with Crippen molar-refractivity contribution in [1.29, 1.82) is 5.26 Å². The second kappa shape index (κ2) is 26.8. The van der Waals surface area contributed by atoms with Crippen LogP contribution in [0.25, 0.3) is 38.8 Å². The van der Waals surface area contributed by atoms with E-state index >= 15 is 0 Å². The first-order valence-electron chi connectivity index (χ1n) is 30.4. The van der Waals surface area contributed by atoms with E-state index in [1.807, 2.05) is 12.1 Å². The molecule has 4 atom stereocenters. The lowest BCUT2D eigenvalue weighted by molar-refractivity contribution is -0.132. The minimum Gasteiger partial charge on any atom is -0.477 e. The number of carbonyl (C=O) groups is 1. The summed E-state index contributed by atoms with van der Waals surface area (Å²) in [7, 11) is 0. The maximum atomic E-state index is 11.9. The Kier molecular flexibility index (Phi) is 20.0. The number of carboxylic acid groups (broad SMARTS) is 1. The van der Waals surface area contributed by atoms with Crippen molar-refractivity contribution in [2.45, 2.75) is 195 Å². The monoisotopic (exact) mass is 1050 g/mol. The fourth-order valence-corrected chi connectivity index (χ4v) is 15.0. The number of nitriles is 1. The molecule has 77 heavy (non-hydrogen) atoms. The summed E-state index contributed by atoms with van der Waals surface area (Å²) in [5.74, 6) is 1.16. The Morgan fingerprint density at radius 1 is 0.519 bits per heavy atom. The highest BCUT2D eigenvalue weighted by Gasteiger charge is 2.51. The molecular weight excluding hydrogens is 957 g/mol. The third-order valence-corrected chi connectivity index (χ3v) is 19.5. The molecule has 1 heterocycles. The summed E-state index contributed by atoms with van der Waals surface area (Å²) in [5, 5.41) is 19.4. The summed E-state index contributed by atoms with van der Waals surface area (Å²) in [6, 6.07) is 48.6. The first-order chi connectivity index (χ1) is 37.5. The van der Waals surface area contributed by atoms with E-state index < -0.39 is 5.97 Å². The summed E-state index contributed by atoms with van der Waals surface area (Å²) in [4.78, 5) is 16.3. The minimum atomic E-state index is -1.19. The lowest BCUT2D eigenvalue weighted by Gasteiger charge is -2.40. The standard InChI is InChI=1S/C72H90N2O2S/c1-9-17-27-51(13-5)46-71(47-52(14-6)28-18-10-2)65-42-55(69-40-37-60(77-69)41-56(50-73)70(75)76)35-38-61(65)63-44-68-64(45-67(63)71)62-39-36-59(74(57-31-23-21-24-32-57)58-33-25-22-26-34-58)43-66(62)72(68,48-53(15-7)29-19-11-3)49-54(16-8)30-20-12-4/h21-26,31-45,51-54H,9-20,27-30,46-49H2,1-8H3,(H,75,76)/b56-41+. The van der Waals surface area contributed by atoms with Crippen molar-refractivity contribution >= 4 is 40.4 Å². The molecule has 2 aliphatic carbocycles. The summed E-state index contributed by atoms with van der Waals surface area (Å²) < 4.78 is 0. The van der Waals surface area contributed by atoms with Crippen molar-refractivity contribution in [2.24, 2.45) is 23.7 Å². The van der Waals surface area contributed by atoms with Crippen molar-refractivity contribution in [3.63, 3.8) is 0 Å². The van der Waals surface area contributed by atoms with E-state index in [1.165, 1.54) is 152 Å². The maximum Gasteiger partial charge on any atom is 0.346 e. The number of fused-ring (bicyclic) bond motifs is 6. The molecule has 0 saturated heterocycles. The number of para-hydroxylation sites is 2. The Hall–Kier alpha value is -5.70. The van der Waals surface area contributed by atoms with Gasteiger partial charge >= 0.3 is 5.97 Å². The van der Waals surface area contributed by atoms with Crippen LogP contribution in [0.3, 0.4) is 0 Å². The molecule has 5 aromatic carbocycles. The molecular formula is C72H90N2O2S. The molecule has 0 fully saturated rings. The lowest BCUT2D eigenvalue weighted by atomic mass is 9.63. The second-order valence-corrected chi connectivity index (χ2v) is 24.4. The number of benzene rings is 5. The van der Waals surface area contributed by atoms with Gasteiger partial charge in [-0.15, -0.1) is 11.3 Å². The predicted molar refractivity (Wildman–Crippen MR) is 330 cm³/mol. The van der Waals surface area contributed by atoms with Gasteiger partial charge in [-0.25, -0.2) is 4.79 Å². The highest BCUT2D eigenvalue weighted by molar-refractivity contribution is 7.16.